The SMILES string of the molecule is CC1(O)C2CCC1CC(S(=O)(=O)c1cc(C(=O)Nc3ccncn3)ccc1Cl)C2. The molecular weight excluding hydrogens is 414 g/mol. The molecule has 0 aliphatic heterocycles. The van der Waals surface area contributed by atoms with E-state index >= 15 is 0 Å². The topological polar surface area (TPSA) is 109 Å². The molecule has 2 aliphatic carbocycles. The number of aromatic nitrogens is 2. The fourth-order valence-electron chi connectivity index (χ4n) is 4.61. The normalized spacial score (nSPS) is 28.9. The van der Waals surface area contributed by atoms with Crippen LogP contribution < -0.4 is 5.32 Å². The van der Waals surface area contributed by atoms with Crippen LogP contribution in [0.1, 0.15) is 43.0 Å². The quantitative estimate of drug-likeness (QED) is 0.763. The van der Waals surface area contributed by atoms with Gasteiger partial charge in [-0.15, -0.1) is 0 Å². The van der Waals surface area contributed by atoms with Crippen LogP contribution >= 0.6 is 11.6 Å². The van der Waals surface area contributed by atoms with Gasteiger partial charge in [0.25, 0.3) is 5.91 Å². The molecule has 2 saturated carbocycles. The number of halogens is 1. The van der Waals surface area contributed by atoms with Crippen LogP contribution in [0.25, 0.3) is 0 Å². The van der Waals surface area contributed by atoms with Crippen LogP contribution in [0.15, 0.2) is 41.7 Å². The molecule has 2 fully saturated rings. The van der Waals surface area contributed by atoms with E-state index in [4.69, 9.17) is 11.6 Å². The Hall–Kier alpha value is -2.03. The number of nitrogens with zero attached hydrogens (tertiary/aromatic N) is 2. The number of benzene rings is 1. The molecule has 0 saturated heterocycles. The summed E-state index contributed by atoms with van der Waals surface area (Å²) in [7, 11) is -3.75. The van der Waals surface area contributed by atoms with Crippen molar-refractivity contribution in [2.24, 2.45) is 11.8 Å². The van der Waals surface area contributed by atoms with E-state index in [9.17, 15) is 18.3 Å². The number of nitrogens with one attached hydrogen (secondary N) is 1. The molecule has 0 spiro atoms. The molecule has 1 aromatic heterocycles. The number of carbonyl (C=O) groups is 1. The molecule has 0 radical (unpaired) electrons. The van der Waals surface area contributed by atoms with Gasteiger partial charge in [0, 0.05) is 11.8 Å². The summed E-state index contributed by atoms with van der Waals surface area (Å²) in [6.45, 7) is 1.81. The second-order valence-electron chi connectivity index (χ2n) is 8.03. The Morgan fingerprint density at radius 2 is 1.93 bits per heavy atom. The molecule has 2 bridgehead atoms. The average Bonchev–Trinajstić information content (AvgIpc) is 2.86. The predicted molar refractivity (Wildman–Crippen MR) is 108 cm³/mol. The summed E-state index contributed by atoms with van der Waals surface area (Å²) < 4.78 is 26.7. The maximum atomic E-state index is 13.4. The first kappa shape index (κ1) is 20.3. The Kier molecular flexibility index (Phi) is 5.13. The lowest BCUT2D eigenvalue weighted by atomic mass is 9.76. The highest BCUT2D eigenvalue weighted by Crippen LogP contribution is 2.51. The number of fused-ring (bicyclic) bond motifs is 2. The highest BCUT2D eigenvalue weighted by Gasteiger charge is 2.53. The first-order chi connectivity index (χ1) is 13.7. The van der Waals surface area contributed by atoms with Gasteiger partial charge in [0.1, 0.15) is 12.1 Å². The number of hydrogen-bond donors (Lipinski definition) is 2. The van der Waals surface area contributed by atoms with Gasteiger partial charge in [0.05, 0.1) is 20.8 Å². The lowest BCUT2D eigenvalue weighted by Crippen LogP contribution is -2.45. The minimum Gasteiger partial charge on any atom is -0.390 e. The van der Waals surface area contributed by atoms with Gasteiger partial charge in [-0.2, -0.15) is 0 Å². The summed E-state index contributed by atoms with van der Waals surface area (Å²) in [6.07, 6.45) is 5.27. The molecule has 2 N–H and O–H groups in total. The third kappa shape index (κ3) is 3.65. The number of amides is 1. The van der Waals surface area contributed by atoms with Crippen LogP contribution in [-0.2, 0) is 9.84 Å². The van der Waals surface area contributed by atoms with Crippen LogP contribution in [0, 0.1) is 11.8 Å². The van der Waals surface area contributed by atoms with Gasteiger partial charge in [-0.3, -0.25) is 4.79 Å². The Balaban J connectivity index is 1.61. The van der Waals surface area contributed by atoms with E-state index in [-0.39, 0.29) is 27.3 Å². The van der Waals surface area contributed by atoms with Gasteiger partial charge in [0.15, 0.2) is 9.84 Å². The standard InChI is InChI=1S/C20H22ClN3O4S/c1-20(26)13-3-4-14(20)10-15(9-13)29(27,28)17-8-12(2-5-16(17)21)19(25)24-18-6-7-22-11-23-18/h2,5-8,11,13-15,26H,3-4,9-10H2,1H3,(H,22,23,24,25). The van der Waals surface area contributed by atoms with Crippen LogP contribution in [0.2, 0.25) is 5.02 Å². The Bertz CT molecular complexity index is 1030. The zero-order chi connectivity index (χ0) is 20.8. The van der Waals surface area contributed by atoms with E-state index in [1.165, 1.54) is 36.8 Å². The largest absolute Gasteiger partial charge is 0.390 e. The van der Waals surface area contributed by atoms with Gasteiger partial charge < -0.3 is 10.4 Å². The Morgan fingerprint density at radius 1 is 1.24 bits per heavy atom. The van der Waals surface area contributed by atoms with E-state index in [1.54, 1.807) is 0 Å². The molecule has 1 amide bonds. The highest BCUT2D eigenvalue weighted by atomic mass is 35.5. The van der Waals surface area contributed by atoms with E-state index < -0.39 is 26.6 Å². The zero-order valence-electron chi connectivity index (χ0n) is 15.9. The van der Waals surface area contributed by atoms with Crippen molar-refractivity contribution < 1.29 is 18.3 Å². The number of rotatable bonds is 4. The van der Waals surface area contributed by atoms with Gasteiger partial charge in [-0.05, 0) is 68.7 Å². The van der Waals surface area contributed by atoms with Crippen molar-refractivity contribution in [2.75, 3.05) is 5.32 Å². The fourth-order valence-corrected chi connectivity index (χ4v) is 7.01. The number of carbonyl (C=O) groups excluding carboxylic acids is 1. The second kappa shape index (κ2) is 7.34. The third-order valence-electron chi connectivity index (χ3n) is 6.37. The predicted octanol–water partition coefficient (Wildman–Crippen LogP) is 3.10. The molecule has 2 unspecified atom stereocenters. The molecule has 2 atom stereocenters. The van der Waals surface area contributed by atoms with E-state index in [1.807, 2.05) is 6.92 Å². The number of hydrogen-bond acceptors (Lipinski definition) is 6. The second-order valence-corrected chi connectivity index (χ2v) is 10.6. The minimum atomic E-state index is -3.75. The highest BCUT2D eigenvalue weighted by molar-refractivity contribution is 7.92. The zero-order valence-corrected chi connectivity index (χ0v) is 17.4. The number of anilines is 1. The Labute approximate surface area is 174 Å². The molecule has 29 heavy (non-hydrogen) atoms. The fraction of sp³-hybridized carbons (Fsp3) is 0.450. The van der Waals surface area contributed by atoms with Crippen molar-refractivity contribution in [1.29, 1.82) is 0 Å². The number of aliphatic hydroxyl groups is 1. The summed E-state index contributed by atoms with van der Waals surface area (Å²) in [5.41, 5.74) is -0.632. The van der Waals surface area contributed by atoms with Crippen molar-refractivity contribution >= 4 is 33.2 Å². The van der Waals surface area contributed by atoms with Gasteiger partial charge in [-0.25, -0.2) is 18.4 Å². The summed E-state index contributed by atoms with van der Waals surface area (Å²) in [5.74, 6) is -0.244. The van der Waals surface area contributed by atoms with Crippen LogP contribution in [0.4, 0.5) is 5.82 Å². The summed E-state index contributed by atoms with van der Waals surface area (Å²) in [5, 5.41) is 12.7. The minimum absolute atomic E-state index is 0.0379. The molecular formula is C20H22ClN3O4S. The van der Waals surface area contributed by atoms with Crippen molar-refractivity contribution in [3.63, 3.8) is 0 Å². The maximum Gasteiger partial charge on any atom is 0.256 e. The summed E-state index contributed by atoms with van der Waals surface area (Å²) >= 11 is 6.23. The Morgan fingerprint density at radius 3 is 2.55 bits per heavy atom. The van der Waals surface area contributed by atoms with Gasteiger partial charge in [-0.1, -0.05) is 11.6 Å². The molecule has 1 aromatic carbocycles. The van der Waals surface area contributed by atoms with Gasteiger partial charge in [0.2, 0.25) is 0 Å². The first-order valence-corrected chi connectivity index (χ1v) is 11.4. The summed E-state index contributed by atoms with van der Waals surface area (Å²) in [4.78, 5) is 20.2. The third-order valence-corrected chi connectivity index (χ3v) is 9.03. The lowest BCUT2D eigenvalue weighted by molar-refractivity contribution is -0.0413. The van der Waals surface area contributed by atoms with Crippen molar-refractivity contribution in [3.8, 4) is 0 Å². The van der Waals surface area contributed by atoms with Crippen molar-refractivity contribution in [2.45, 2.75) is 48.4 Å². The lowest BCUT2D eigenvalue weighted by Gasteiger charge is -2.40. The van der Waals surface area contributed by atoms with Crippen molar-refractivity contribution in [1.82, 2.24) is 9.97 Å². The molecule has 154 valence electrons. The number of sulfone groups is 1. The average molecular weight is 436 g/mol. The molecule has 7 nitrogen and oxygen atoms in total. The molecule has 1 heterocycles. The van der Waals surface area contributed by atoms with E-state index in [2.05, 4.69) is 15.3 Å². The summed E-state index contributed by atoms with van der Waals surface area (Å²) in [6, 6.07) is 5.77. The van der Waals surface area contributed by atoms with E-state index in [0.29, 0.717) is 18.7 Å². The molecule has 9 heteroatoms. The maximum absolute atomic E-state index is 13.4. The van der Waals surface area contributed by atoms with Crippen LogP contribution in [0.3, 0.4) is 0 Å². The monoisotopic (exact) mass is 435 g/mol. The molecule has 4 rings (SSSR count). The smallest absolute Gasteiger partial charge is 0.256 e. The van der Waals surface area contributed by atoms with E-state index in [0.717, 1.165) is 12.8 Å². The molecule has 2 aromatic rings. The van der Waals surface area contributed by atoms with Crippen LogP contribution in [-0.4, -0.2) is 40.3 Å². The van der Waals surface area contributed by atoms with Gasteiger partial charge >= 0.3 is 0 Å². The first-order valence-electron chi connectivity index (χ1n) is 9.52. The van der Waals surface area contributed by atoms with Crippen LogP contribution in [0.5, 0.6) is 0 Å². The van der Waals surface area contributed by atoms with Crippen molar-refractivity contribution in [3.05, 3.63) is 47.4 Å². The molecule has 2 aliphatic rings.